The number of aryl methyl sites for hydroxylation is 1. The van der Waals surface area contributed by atoms with Crippen LogP contribution in [0.15, 0.2) is 41.3 Å². The van der Waals surface area contributed by atoms with E-state index >= 15 is 0 Å². The van der Waals surface area contributed by atoms with Gasteiger partial charge in [-0.05, 0) is 61.6 Å². The SMILES string of the molecule is Cc1ccc(Cl)cc1NC(=O)c1cc(S(=O)(=O)N2CCC(C)CC2)ccc1Cl. The van der Waals surface area contributed by atoms with E-state index in [-0.39, 0.29) is 15.5 Å². The minimum atomic E-state index is -3.67. The van der Waals surface area contributed by atoms with Gasteiger partial charge in [-0.1, -0.05) is 36.2 Å². The average Bonchev–Trinajstić information content (AvgIpc) is 2.65. The van der Waals surface area contributed by atoms with Crippen LogP contribution in [0.4, 0.5) is 5.69 Å². The van der Waals surface area contributed by atoms with E-state index in [0.29, 0.717) is 29.7 Å². The smallest absolute Gasteiger partial charge is 0.257 e. The van der Waals surface area contributed by atoms with E-state index in [9.17, 15) is 13.2 Å². The number of carbonyl (C=O) groups is 1. The van der Waals surface area contributed by atoms with Crippen molar-refractivity contribution in [2.75, 3.05) is 18.4 Å². The van der Waals surface area contributed by atoms with E-state index in [2.05, 4.69) is 12.2 Å². The number of nitrogens with zero attached hydrogens (tertiary/aromatic N) is 1. The maximum Gasteiger partial charge on any atom is 0.257 e. The first-order valence-corrected chi connectivity index (χ1v) is 11.3. The van der Waals surface area contributed by atoms with Crippen molar-refractivity contribution in [2.45, 2.75) is 31.6 Å². The lowest BCUT2D eigenvalue weighted by Gasteiger charge is -2.29. The van der Waals surface area contributed by atoms with Crippen LogP contribution in [0.1, 0.15) is 35.7 Å². The molecule has 0 spiro atoms. The molecule has 0 radical (unpaired) electrons. The molecule has 1 amide bonds. The molecule has 2 aromatic rings. The van der Waals surface area contributed by atoms with Crippen LogP contribution >= 0.6 is 23.2 Å². The summed E-state index contributed by atoms with van der Waals surface area (Å²) in [5, 5.41) is 3.43. The summed E-state index contributed by atoms with van der Waals surface area (Å²) in [7, 11) is -3.67. The van der Waals surface area contributed by atoms with Gasteiger partial charge in [0.05, 0.1) is 15.5 Å². The Balaban J connectivity index is 1.89. The molecule has 8 heteroatoms. The summed E-state index contributed by atoms with van der Waals surface area (Å²) >= 11 is 12.2. The monoisotopic (exact) mass is 440 g/mol. The van der Waals surface area contributed by atoms with E-state index in [1.165, 1.54) is 22.5 Å². The number of benzene rings is 2. The normalized spacial score (nSPS) is 16.1. The molecule has 1 fully saturated rings. The number of hydrogen-bond acceptors (Lipinski definition) is 3. The Morgan fingerprint density at radius 3 is 2.46 bits per heavy atom. The summed E-state index contributed by atoms with van der Waals surface area (Å²) in [5.74, 6) is 0.0265. The third-order valence-electron chi connectivity index (χ3n) is 5.01. The number of piperidine rings is 1. The van der Waals surface area contributed by atoms with Crippen LogP contribution in [-0.4, -0.2) is 31.7 Å². The second-order valence-corrected chi connectivity index (χ2v) is 9.92. The third kappa shape index (κ3) is 4.51. The number of halogens is 2. The van der Waals surface area contributed by atoms with Crippen molar-refractivity contribution in [3.05, 3.63) is 57.6 Å². The third-order valence-corrected chi connectivity index (χ3v) is 7.47. The molecular formula is C20H22Cl2N2O3S. The van der Waals surface area contributed by atoms with Gasteiger partial charge in [0.1, 0.15) is 0 Å². The van der Waals surface area contributed by atoms with Gasteiger partial charge in [0.25, 0.3) is 5.91 Å². The summed E-state index contributed by atoms with van der Waals surface area (Å²) in [4.78, 5) is 12.8. The predicted octanol–water partition coefficient (Wildman–Crippen LogP) is 4.97. The van der Waals surface area contributed by atoms with Crippen molar-refractivity contribution in [3.8, 4) is 0 Å². The fourth-order valence-corrected chi connectivity index (χ4v) is 5.00. The summed E-state index contributed by atoms with van der Waals surface area (Å²) in [6.45, 7) is 4.92. The molecule has 1 saturated heterocycles. The Morgan fingerprint density at radius 2 is 1.79 bits per heavy atom. The Labute approximate surface area is 175 Å². The number of sulfonamides is 1. The Hall–Kier alpha value is -1.60. The van der Waals surface area contributed by atoms with Crippen LogP contribution in [0.5, 0.6) is 0 Å². The molecular weight excluding hydrogens is 419 g/mol. The van der Waals surface area contributed by atoms with Gasteiger partial charge in [-0.15, -0.1) is 0 Å². The number of anilines is 1. The fraction of sp³-hybridized carbons (Fsp3) is 0.350. The molecule has 1 aliphatic rings. The van der Waals surface area contributed by atoms with Crippen LogP contribution in [0.3, 0.4) is 0 Å². The van der Waals surface area contributed by atoms with Gasteiger partial charge in [0.15, 0.2) is 0 Å². The lowest BCUT2D eigenvalue weighted by molar-refractivity contribution is 0.102. The Bertz CT molecular complexity index is 1000. The first kappa shape index (κ1) is 21.1. The molecule has 1 N–H and O–H groups in total. The second kappa shape index (κ2) is 8.41. The Morgan fingerprint density at radius 1 is 1.11 bits per heavy atom. The molecule has 0 atom stereocenters. The molecule has 0 saturated carbocycles. The highest BCUT2D eigenvalue weighted by atomic mass is 35.5. The predicted molar refractivity (Wildman–Crippen MR) is 113 cm³/mol. The van der Waals surface area contributed by atoms with Crippen LogP contribution < -0.4 is 5.32 Å². The van der Waals surface area contributed by atoms with E-state index in [1.54, 1.807) is 18.2 Å². The standard InChI is InChI=1S/C20H22Cl2N2O3S/c1-13-7-9-24(10-8-13)28(26,27)16-5-6-18(22)17(12-16)20(25)23-19-11-15(21)4-3-14(19)2/h3-6,11-13H,7-10H2,1-2H3,(H,23,25). The van der Waals surface area contributed by atoms with E-state index < -0.39 is 15.9 Å². The summed E-state index contributed by atoms with van der Waals surface area (Å²) in [6, 6.07) is 9.38. The van der Waals surface area contributed by atoms with Crippen molar-refractivity contribution in [1.29, 1.82) is 0 Å². The van der Waals surface area contributed by atoms with Gasteiger partial charge >= 0.3 is 0 Å². The molecule has 5 nitrogen and oxygen atoms in total. The van der Waals surface area contributed by atoms with Crippen LogP contribution in [0, 0.1) is 12.8 Å². The topological polar surface area (TPSA) is 66.5 Å². The average molecular weight is 441 g/mol. The maximum atomic E-state index is 13.0. The largest absolute Gasteiger partial charge is 0.322 e. The molecule has 0 aliphatic carbocycles. The summed E-state index contributed by atoms with van der Waals surface area (Å²) in [5.41, 5.74) is 1.49. The quantitative estimate of drug-likeness (QED) is 0.728. The molecule has 150 valence electrons. The molecule has 2 aromatic carbocycles. The van der Waals surface area contributed by atoms with Crippen molar-refractivity contribution >= 4 is 44.8 Å². The minimum Gasteiger partial charge on any atom is -0.322 e. The van der Waals surface area contributed by atoms with Gasteiger partial charge in [-0.2, -0.15) is 4.31 Å². The number of nitrogens with one attached hydrogen (secondary N) is 1. The number of amides is 1. The fourth-order valence-electron chi connectivity index (χ4n) is 3.13. The van der Waals surface area contributed by atoms with Gasteiger partial charge in [-0.3, -0.25) is 4.79 Å². The zero-order chi connectivity index (χ0) is 20.5. The highest BCUT2D eigenvalue weighted by Crippen LogP contribution is 2.28. The maximum absolute atomic E-state index is 13.0. The van der Waals surface area contributed by atoms with E-state index in [0.717, 1.165) is 18.4 Å². The van der Waals surface area contributed by atoms with Crippen LogP contribution in [0.2, 0.25) is 10.0 Å². The molecule has 0 bridgehead atoms. The first-order valence-electron chi connectivity index (χ1n) is 9.05. The highest BCUT2D eigenvalue weighted by molar-refractivity contribution is 7.89. The van der Waals surface area contributed by atoms with Crippen molar-refractivity contribution in [2.24, 2.45) is 5.92 Å². The number of rotatable bonds is 4. The van der Waals surface area contributed by atoms with Crippen molar-refractivity contribution in [1.82, 2.24) is 4.31 Å². The first-order chi connectivity index (χ1) is 13.2. The van der Waals surface area contributed by atoms with Gasteiger partial charge in [0, 0.05) is 23.8 Å². The van der Waals surface area contributed by atoms with Crippen molar-refractivity contribution < 1.29 is 13.2 Å². The van der Waals surface area contributed by atoms with Crippen LogP contribution in [-0.2, 0) is 10.0 Å². The molecule has 3 rings (SSSR count). The molecule has 1 heterocycles. The zero-order valence-corrected chi connectivity index (χ0v) is 18.0. The molecule has 0 aromatic heterocycles. The zero-order valence-electron chi connectivity index (χ0n) is 15.7. The van der Waals surface area contributed by atoms with Gasteiger partial charge < -0.3 is 5.32 Å². The lowest BCUT2D eigenvalue weighted by Crippen LogP contribution is -2.37. The summed E-state index contributed by atoms with van der Waals surface area (Å²) in [6.07, 6.45) is 1.66. The lowest BCUT2D eigenvalue weighted by atomic mass is 10.0. The molecule has 1 aliphatic heterocycles. The van der Waals surface area contributed by atoms with E-state index in [4.69, 9.17) is 23.2 Å². The number of carbonyl (C=O) groups excluding carboxylic acids is 1. The highest BCUT2D eigenvalue weighted by Gasteiger charge is 2.29. The van der Waals surface area contributed by atoms with Crippen molar-refractivity contribution in [3.63, 3.8) is 0 Å². The summed E-state index contributed by atoms with van der Waals surface area (Å²) < 4.78 is 27.4. The van der Waals surface area contributed by atoms with Gasteiger partial charge in [-0.25, -0.2) is 8.42 Å². The number of hydrogen-bond donors (Lipinski definition) is 1. The second-order valence-electron chi connectivity index (χ2n) is 7.14. The molecule has 0 unspecified atom stereocenters. The minimum absolute atomic E-state index is 0.0689. The Kier molecular flexibility index (Phi) is 6.34. The van der Waals surface area contributed by atoms with E-state index in [1.807, 2.05) is 6.92 Å². The molecule has 28 heavy (non-hydrogen) atoms. The van der Waals surface area contributed by atoms with Gasteiger partial charge in [0.2, 0.25) is 10.0 Å². The van der Waals surface area contributed by atoms with Crippen LogP contribution in [0.25, 0.3) is 0 Å².